The van der Waals surface area contributed by atoms with Crippen LogP contribution in [0.25, 0.3) is 10.4 Å². The summed E-state index contributed by atoms with van der Waals surface area (Å²) in [5.74, 6) is -2.33. The number of carbonyl (C=O) groups excluding carboxylic acids is 4. The number of carbonyl (C=O) groups is 4. The van der Waals surface area contributed by atoms with Crippen molar-refractivity contribution in [2.24, 2.45) is 10.5 Å². The molecule has 0 saturated carbocycles. The predicted octanol–water partition coefficient (Wildman–Crippen LogP) is 2.45. The summed E-state index contributed by atoms with van der Waals surface area (Å²) >= 11 is 1.41. The summed E-state index contributed by atoms with van der Waals surface area (Å²) in [6, 6.07) is 6.16. The fourth-order valence-corrected chi connectivity index (χ4v) is 7.55. The maximum atomic E-state index is 13.9. The van der Waals surface area contributed by atoms with E-state index in [1.807, 2.05) is 40.7 Å². The van der Waals surface area contributed by atoms with E-state index in [9.17, 15) is 33.9 Å². The molecular formula is C36H50N8O9S. The molecule has 294 valence electrons. The standard InChI is InChI=1S/C36H50N8O9S/c1-20-17-43(33(51)39-29(20)47)26-15-22(41-42-37)24(53-26)18-52-32(50)35(5,6)16-25(45)38-23(14-21-12-10-9-11-13-21)27(46)31(49)44-19-54-36(7,8)28(44)30(48)40-34(2,3)4/h9-13,17,22-24,26-28,46H,14-16,18-19H2,1-8H3,(H,38,45)(H,40,48)(H,39,47,51)/t22-,23-,24+,26+,27-,28+/m0/s1. The zero-order chi connectivity index (χ0) is 40.2. The van der Waals surface area contributed by atoms with Crippen LogP contribution in [0.1, 0.15) is 78.7 Å². The van der Waals surface area contributed by atoms with Crippen LogP contribution in [0.4, 0.5) is 0 Å². The Bertz CT molecular complexity index is 1880. The number of benzene rings is 1. The third kappa shape index (κ3) is 10.3. The lowest BCUT2D eigenvalue weighted by molar-refractivity contribution is -0.161. The van der Waals surface area contributed by atoms with E-state index >= 15 is 0 Å². The number of ether oxygens (including phenoxy) is 2. The van der Waals surface area contributed by atoms with Gasteiger partial charge in [-0.05, 0) is 72.9 Å². The number of rotatable bonds is 13. The van der Waals surface area contributed by atoms with E-state index in [1.165, 1.54) is 48.2 Å². The number of H-pyrrole nitrogens is 1. The van der Waals surface area contributed by atoms with Crippen molar-refractivity contribution in [3.05, 3.63) is 78.9 Å². The molecule has 1 aromatic heterocycles. The number of hydrogen-bond donors (Lipinski definition) is 4. The molecule has 1 aromatic carbocycles. The zero-order valence-corrected chi connectivity index (χ0v) is 32.6. The van der Waals surface area contributed by atoms with Gasteiger partial charge in [0.1, 0.15) is 25.0 Å². The maximum Gasteiger partial charge on any atom is 0.330 e. The van der Waals surface area contributed by atoms with Gasteiger partial charge in [0.15, 0.2) is 6.10 Å². The maximum absolute atomic E-state index is 13.9. The van der Waals surface area contributed by atoms with E-state index in [2.05, 4.69) is 25.6 Å². The average Bonchev–Trinajstić information content (AvgIpc) is 3.62. The van der Waals surface area contributed by atoms with E-state index in [-0.39, 0.29) is 43.2 Å². The minimum absolute atomic E-state index is 0.0724. The molecule has 17 nitrogen and oxygen atoms in total. The molecule has 6 atom stereocenters. The molecule has 54 heavy (non-hydrogen) atoms. The second-order valence-corrected chi connectivity index (χ2v) is 17.5. The Morgan fingerprint density at radius 2 is 1.83 bits per heavy atom. The van der Waals surface area contributed by atoms with Crippen LogP contribution >= 0.6 is 11.8 Å². The molecule has 0 radical (unpaired) electrons. The second kappa shape index (κ2) is 16.8. The van der Waals surface area contributed by atoms with Gasteiger partial charge in [0.25, 0.3) is 11.5 Å². The van der Waals surface area contributed by atoms with Crippen molar-refractivity contribution >= 4 is 35.5 Å². The van der Waals surface area contributed by atoms with Crippen LogP contribution in [0.15, 0.2) is 51.2 Å². The Balaban J connectivity index is 1.45. The van der Waals surface area contributed by atoms with Crippen LogP contribution in [0.3, 0.4) is 0 Å². The number of aliphatic hydroxyl groups excluding tert-OH is 1. The molecular weight excluding hydrogens is 721 g/mol. The Hall–Kier alpha value is -4.64. The van der Waals surface area contributed by atoms with Crippen molar-refractivity contribution in [1.82, 2.24) is 25.1 Å². The fraction of sp³-hybridized carbons (Fsp3) is 0.611. The van der Waals surface area contributed by atoms with Gasteiger partial charge in [-0.3, -0.25) is 33.5 Å². The number of aliphatic hydroxyl groups is 1. The fourth-order valence-electron chi connectivity index (χ4n) is 6.41. The van der Waals surface area contributed by atoms with Crippen LogP contribution in [-0.2, 0) is 35.1 Å². The first-order chi connectivity index (χ1) is 25.1. The first-order valence-corrected chi connectivity index (χ1v) is 18.6. The molecule has 2 aliphatic heterocycles. The largest absolute Gasteiger partial charge is 0.462 e. The van der Waals surface area contributed by atoms with Gasteiger partial charge in [-0.15, -0.1) is 11.8 Å². The summed E-state index contributed by atoms with van der Waals surface area (Å²) in [6.45, 7) is 13.4. The van der Waals surface area contributed by atoms with E-state index in [1.54, 1.807) is 24.3 Å². The SMILES string of the molecule is Cc1cn([C@H]2C[C@H](N=[N+]=[N-])[C@@H](COC(=O)C(C)(C)CC(=O)N[C@@H](Cc3ccccc3)[C@H](O)C(=O)N3CSC(C)(C)[C@H]3C(=O)NC(C)(C)C)O2)c(=O)[nH]c1=O. The molecule has 0 aliphatic carbocycles. The van der Waals surface area contributed by atoms with Gasteiger partial charge in [0.05, 0.1) is 23.4 Å². The average molecular weight is 771 g/mol. The minimum Gasteiger partial charge on any atom is -0.462 e. The molecule has 0 unspecified atom stereocenters. The van der Waals surface area contributed by atoms with E-state index < -0.39 is 81.3 Å². The zero-order valence-electron chi connectivity index (χ0n) is 31.8. The lowest BCUT2D eigenvalue weighted by atomic mass is 9.88. The highest BCUT2D eigenvalue weighted by Crippen LogP contribution is 2.40. The molecule has 3 amide bonds. The van der Waals surface area contributed by atoms with Gasteiger partial charge in [0, 0.05) is 39.8 Å². The monoisotopic (exact) mass is 770 g/mol. The number of aromatic nitrogens is 2. The number of aromatic amines is 1. The Kier molecular flexibility index (Phi) is 13.1. The van der Waals surface area contributed by atoms with Gasteiger partial charge in [-0.1, -0.05) is 35.4 Å². The lowest BCUT2D eigenvalue weighted by Crippen LogP contribution is -2.60. The predicted molar refractivity (Wildman–Crippen MR) is 200 cm³/mol. The number of thioether (sulfide) groups is 1. The summed E-state index contributed by atoms with van der Waals surface area (Å²) in [6.07, 6.45) is -2.48. The van der Waals surface area contributed by atoms with Crippen LogP contribution < -0.4 is 21.9 Å². The summed E-state index contributed by atoms with van der Waals surface area (Å²) in [5, 5.41) is 21.0. The van der Waals surface area contributed by atoms with Crippen molar-refractivity contribution in [2.45, 2.75) is 121 Å². The molecule has 2 saturated heterocycles. The third-order valence-corrected chi connectivity index (χ3v) is 10.6. The topological polar surface area (TPSA) is 238 Å². The van der Waals surface area contributed by atoms with Crippen LogP contribution in [0.2, 0.25) is 0 Å². The quantitative estimate of drug-likeness (QED) is 0.100. The number of hydrogen-bond acceptors (Lipinski definition) is 11. The summed E-state index contributed by atoms with van der Waals surface area (Å²) < 4.78 is 12.0. The molecule has 0 bridgehead atoms. The van der Waals surface area contributed by atoms with Gasteiger partial charge in [-0.25, -0.2) is 4.79 Å². The number of aryl methyl sites for hydroxylation is 1. The Morgan fingerprint density at radius 1 is 1.17 bits per heavy atom. The van der Waals surface area contributed by atoms with Crippen molar-refractivity contribution in [3.8, 4) is 0 Å². The molecule has 0 spiro atoms. The molecule has 2 fully saturated rings. The van der Waals surface area contributed by atoms with E-state index in [0.717, 1.165) is 5.56 Å². The summed E-state index contributed by atoms with van der Waals surface area (Å²) in [4.78, 5) is 84.9. The van der Waals surface area contributed by atoms with Crippen molar-refractivity contribution in [2.75, 3.05) is 12.5 Å². The molecule has 2 aromatic rings. The van der Waals surface area contributed by atoms with E-state index in [4.69, 9.17) is 15.0 Å². The minimum atomic E-state index is -1.73. The number of esters is 1. The highest BCUT2D eigenvalue weighted by atomic mass is 32.2. The number of azide groups is 1. The third-order valence-electron chi connectivity index (χ3n) is 9.25. The normalized spacial score (nSPS) is 22.1. The van der Waals surface area contributed by atoms with E-state index in [0.29, 0.717) is 0 Å². The van der Waals surface area contributed by atoms with Crippen LogP contribution in [-0.4, -0.2) is 96.4 Å². The summed E-state index contributed by atoms with van der Waals surface area (Å²) in [7, 11) is 0. The Morgan fingerprint density at radius 3 is 2.46 bits per heavy atom. The van der Waals surface area contributed by atoms with Crippen molar-refractivity contribution in [1.29, 1.82) is 0 Å². The first kappa shape index (κ1) is 42.1. The molecule has 4 rings (SSSR count). The highest BCUT2D eigenvalue weighted by Gasteiger charge is 2.50. The smallest absolute Gasteiger partial charge is 0.330 e. The van der Waals surface area contributed by atoms with Gasteiger partial charge in [0.2, 0.25) is 11.8 Å². The molecule has 3 heterocycles. The number of nitrogens with one attached hydrogen (secondary N) is 3. The highest BCUT2D eigenvalue weighted by molar-refractivity contribution is 8.00. The van der Waals surface area contributed by atoms with Crippen molar-refractivity contribution < 1.29 is 33.8 Å². The summed E-state index contributed by atoms with van der Waals surface area (Å²) in [5.41, 5.74) is 6.89. The van der Waals surface area contributed by atoms with Crippen LogP contribution in [0.5, 0.6) is 0 Å². The first-order valence-electron chi connectivity index (χ1n) is 17.6. The molecule has 4 N–H and O–H groups in total. The number of nitrogens with zero attached hydrogens (tertiary/aromatic N) is 5. The molecule has 18 heteroatoms. The van der Waals surface area contributed by atoms with Gasteiger partial charge >= 0.3 is 11.7 Å². The van der Waals surface area contributed by atoms with Gasteiger partial charge in [-0.2, -0.15) is 0 Å². The Labute approximate surface area is 317 Å². The van der Waals surface area contributed by atoms with Crippen molar-refractivity contribution in [3.63, 3.8) is 0 Å². The van der Waals surface area contributed by atoms with Gasteiger partial charge < -0.3 is 30.1 Å². The molecule has 2 aliphatic rings. The second-order valence-electron chi connectivity index (χ2n) is 15.9. The van der Waals surface area contributed by atoms with Crippen LogP contribution in [0, 0.1) is 12.3 Å². The lowest BCUT2D eigenvalue weighted by Gasteiger charge is -2.35. The number of amides is 3.